The Labute approximate surface area is 151 Å². The molecule has 8 nitrogen and oxygen atoms in total. The highest BCUT2D eigenvalue weighted by molar-refractivity contribution is 8.01. The van der Waals surface area contributed by atoms with Gasteiger partial charge in [0.25, 0.3) is 5.69 Å². The number of hydrogen-bond donors (Lipinski definition) is 2. The largest absolute Gasteiger partial charge is 0.360 e. The number of benzene rings is 1. The highest BCUT2D eigenvalue weighted by Crippen LogP contribution is 2.26. The van der Waals surface area contributed by atoms with Crippen molar-refractivity contribution in [3.8, 4) is 0 Å². The van der Waals surface area contributed by atoms with Gasteiger partial charge in [0.15, 0.2) is 4.34 Å². The Morgan fingerprint density at radius 2 is 2.20 bits per heavy atom. The molecule has 0 unspecified atom stereocenters. The molecule has 25 heavy (non-hydrogen) atoms. The van der Waals surface area contributed by atoms with Crippen molar-refractivity contribution in [2.75, 3.05) is 22.9 Å². The molecule has 0 aliphatic rings. The molecule has 1 aromatic carbocycles. The molecule has 0 saturated carbocycles. The zero-order chi connectivity index (χ0) is 18.4. The van der Waals surface area contributed by atoms with Gasteiger partial charge in [-0.3, -0.25) is 14.9 Å². The summed E-state index contributed by atoms with van der Waals surface area (Å²) >= 11 is 2.47. The van der Waals surface area contributed by atoms with Crippen LogP contribution in [0.4, 0.5) is 20.9 Å². The number of thioether (sulfide) groups is 1. The first-order chi connectivity index (χ1) is 11.8. The smallest absolute Gasteiger partial charge is 0.271 e. The van der Waals surface area contributed by atoms with Crippen LogP contribution < -0.4 is 10.6 Å². The maximum atomic E-state index is 13.6. The Morgan fingerprint density at radius 1 is 1.44 bits per heavy atom. The minimum Gasteiger partial charge on any atom is -0.360 e. The van der Waals surface area contributed by atoms with E-state index in [1.807, 2.05) is 0 Å². The van der Waals surface area contributed by atoms with Crippen LogP contribution >= 0.6 is 23.1 Å². The van der Waals surface area contributed by atoms with Crippen LogP contribution in [0.2, 0.25) is 0 Å². The third-order valence-corrected chi connectivity index (χ3v) is 4.84. The SMILES string of the molecule is CC(C)CNc1nnc(SCC(=O)Nc2cc([N+](=O)[O-])ccc2F)s1. The normalized spacial score (nSPS) is 10.7. The lowest BCUT2D eigenvalue weighted by molar-refractivity contribution is -0.384. The predicted octanol–water partition coefficient (Wildman–Crippen LogP) is 3.38. The average Bonchev–Trinajstić information content (AvgIpc) is 3.01. The molecule has 0 fully saturated rings. The van der Waals surface area contributed by atoms with E-state index in [9.17, 15) is 19.3 Å². The molecule has 0 spiro atoms. The van der Waals surface area contributed by atoms with Crippen molar-refractivity contribution in [3.63, 3.8) is 0 Å². The van der Waals surface area contributed by atoms with Gasteiger partial charge in [-0.15, -0.1) is 10.2 Å². The second-order valence-electron chi connectivity index (χ2n) is 5.41. The van der Waals surface area contributed by atoms with Gasteiger partial charge in [0, 0.05) is 18.7 Å². The molecule has 0 bridgehead atoms. The number of carbonyl (C=O) groups is 1. The third-order valence-electron chi connectivity index (χ3n) is 2.83. The van der Waals surface area contributed by atoms with E-state index in [0.717, 1.165) is 36.5 Å². The van der Waals surface area contributed by atoms with Crippen LogP contribution in [-0.4, -0.2) is 33.3 Å². The summed E-state index contributed by atoms with van der Waals surface area (Å²) < 4.78 is 14.2. The van der Waals surface area contributed by atoms with E-state index in [2.05, 4.69) is 34.7 Å². The van der Waals surface area contributed by atoms with E-state index in [4.69, 9.17) is 0 Å². The van der Waals surface area contributed by atoms with Gasteiger partial charge in [-0.1, -0.05) is 36.9 Å². The molecule has 2 rings (SSSR count). The van der Waals surface area contributed by atoms with Crippen LogP contribution in [0.15, 0.2) is 22.5 Å². The number of nitrogens with one attached hydrogen (secondary N) is 2. The van der Waals surface area contributed by atoms with E-state index in [-0.39, 0.29) is 17.1 Å². The van der Waals surface area contributed by atoms with Crippen molar-refractivity contribution in [1.29, 1.82) is 0 Å². The molecule has 11 heteroatoms. The molecule has 1 aromatic heterocycles. The fourth-order valence-corrected chi connectivity index (χ4v) is 3.23. The van der Waals surface area contributed by atoms with Crippen LogP contribution in [0.25, 0.3) is 0 Å². The zero-order valence-corrected chi connectivity index (χ0v) is 15.1. The third kappa shape index (κ3) is 5.94. The summed E-state index contributed by atoms with van der Waals surface area (Å²) in [7, 11) is 0. The van der Waals surface area contributed by atoms with Crippen LogP contribution in [0.3, 0.4) is 0 Å². The first-order valence-electron chi connectivity index (χ1n) is 7.29. The summed E-state index contributed by atoms with van der Waals surface area (Å²) in [6, 6.07) is 2.96. The Bertz CT molecular complexity index is 769. The number of rotatable bonds is 8. The van der Waals surface area contributed by atoms with Crippen molar-refractivity contribution < 1.29 is 14.1 Å². The molecular formula is C14H16FN5O3S2. The van der Waals surface area contributed by atoms with E-state index in [1.165, 1.54) is 11.3 Å². The molecule has 0 atom stereocenters. The van der Waals surface area contributed by atoms with Crippen molar-refractivity contribution in [2.45, 2.75) is 18.2 Å². The number of anilines is 2. The highest BCUT2D eigenvalue weighted by atomic mass is 32.2. The number of nitrogens with zero attached hydrogens (tertiary/aromatic N) is 3. The fourth-order valence-electron chi connectivity index (χ4n) is 1.67. The first-order valence-corrected chi connectivity index (χ1v) is 9.09. The molecule has 0 aliphatic carbocycles. The summed E-state index contributed by atoms with van der Waals surface area (Å²) in [5.41, 5.74) is -0.523. The van der Waals surface area contributed by atoms with Gasteiger partial charge in [-0.2, -0.15) is 0 Å². The molecular weight excluding hydrogens is 369 g/mol. The lowest BCUT2D eigenvalue weighted by Crippen LogP contribution is -2.15. The summed E-state index contributed by atoms with van der Waals surface area (Å²) in [6.07, 6.45) is 0. The minimum absolute atomic E-state index is 0.0130. The predicted molar refractivity (Wildman–Crippen MR) is 95.6 cm³/mol. The molecule has 0 aliphatic heterocycles. The second kappa shape index (κ2) is 8.72. The summed E-state index contributed by atoms with van der Waals surface area (Å²) in [6.45, 7) is 4.91. The molecule has 0 radical (unpaired) electrons. The van der Waals surface area contributed by atoms with Gasteiger partial charge >= 0.3 is 0 Å². The molecule has 1 heterocycles. The Morgan fingerprint density at radius 3 is 2.88 bits per heavy atom. The van der Waals surface area contributed by atoms with Gasteiger partial charge in [-0.05, 0) is 12.0 Å². The van der Waals surface area contributed by atoms with Crippen molar-refractivity contribution in [3.05, 3.63) is 34.1 Å². The number of non-ortho nitro benzene ring substituents is 1. The highest BCUT2D eigenvalue weighted by Gasteiger charge is 2.14. The Hall–Kier alpha value is -2.27. The van der Waals surface area contributed by atoms with E-state index < -0.39 is 16.6 Å². The molecule has 2 N–H and O–H groups in total. The summed E-state index contributed by atoms with van der Waals surface area (Å²) in [5, 5.41) is 24.7. The van der Waals surface area contributed by atoms with E-state index >= 15 is 0 Å². The van der Waals surface area contributed by atoms with Crippen molar-refractivity contribution in [1.82, 2.24) is 10.2 Å². The standard InChI is InChI=1S/C14H16FN5O3S2/c1-8(2)6-16-13-18-19-14(25-13)24-7-12(21)17-11-5-9(20(22)23)3-4-10(11)15/h3-5,8H,6-7H2,1-2H3,(H,16,18)(H,17,21). The number of aromatic nitrogens is 2. The van der Waals surface area contributed by atoms with Gasteiger partial charge in [-0.25, -0.2) is 4.39 Å². The minimum atomic E-state index is -0.736. The number of hydrogen-bond acceptors (Lipinski definition) is 8. The number of nitro benzene ring substituents is 1. The van der Waals surface area contributed by atoms with Gasteiger partial charge in [0.1, 0.15) is 5.82 Å². The van der Waals surface area contributed by atoms with Crippen LogP contribution in [0.1, 0.15) is 13.8 Å². The molecule has 134 valence electrons. The van der Waals surface area contributed by atoms with Crippen molar-refractivity contribution in [2.24, 2.45) is 5.92 Å². The Balaban J connectivity index is 1.89. The molecule has 2 aromatic rings. The zero-order valence-electron chi connectivity index (χ0n) is 13.5. The fraction of sp³-hybridized carbons (Fsp3) is 0.357. The quantitative estimate of drug-likeness (QED) is 0.407. The monoisotopic (exact) mass is 385 g/mol. The number of nitro groups is 1. The Kier molecular flexibility index (Phi) is 6.65. The maximum Gasteiger partial charge on any atom is 0.271 e. The molecule has 1 amide bonds. The van der Waals surface area contributed by atoms with Crippen LogP contribution in [0.5, 0.6) is 0 Å². The number of halogens is 1. The topological polar surface area (TPSA) is 110 Å². The summed E-state index contributed by atoms with van der Waals surface area (Å²) in [5.74, 6) is -0.770. The number of carbonyl (C=O) groups excluding carboxylic acids is 1. The lowest BCUT2D eigenvalue weighted by Gasteiger charge is -2.05. The lowest BCUT2D eigenvalue weighted by atomic mass is 10.2. The van der Waals surface area contributed by atoms with Gasteiger partial charge in [0.05, 0.1) is 16.4 Å². The average molecular weight is 385 g/mol. The van der Waals surface area contributed by atoms with Gasteiger partial charge < -0.3 is 10.6 Å². The molecule has 0 saturated heterocycles. The second-order valence-corrected chi connectivity index (χ2v) is 7.61. The van der Waals surface area contributed by atoms with Crippen molar-refractivity contribution >= 4 is 45.5 Å². The summed E-state index contributed by atoms with van der Waals surface area (Å²) in [4.78, 5) is 22.0. The van der Waals surface area contributed by atoms with E-state index in [1.54, 1.807) is 0 Å². The first kappa shape index (κ1) is 19.1. The number of amides is 1. The van der Waals surface area contributed by atoms with Gasteiger partial charge in [0.2, 0.25) is 11.0 Å². The van der Waals surface area contributed by atoms with Crippen LogP contribution in [0, 0.1) is 21.8 Å². The van der Waals surface area contributed by atoms with E-state index in [0.29, 0.717) is 15.4 Å². The van der Waals surface area contributed by atoms with Crippen LogP contribution in [-0.2, 0) is 4.79 Å². The maximum absolute atomic E-state index is 13.6.